The molecule has 0 fully saturated rings. The van der Waals surface area contributed by atoms with E-state index in [0.29, 0.717) is 0 Å². The first-order chi connectivity index (χ1) is 3.27. The van der Waals surface area contributed by atoms with Crippen molar-refractivity contribution in [2.75, 3.05) is 0 Å². The number of hydrogen-bond acceptors (Lipinski definition) is 0. The van der Waals surface area contributed by atoms with Gasteiger partial charge in [0.15, 0.2) is 17.4 Å². The van der Waals surface area contributed by atoms with Crippen LogP contribution in [0.4, 0.5) is 0 Å². The Balaban J connectivity index is 0. The molecule has 0 aromatic rings. The molecule has 0 spiro atoms. The van der Waals surface area contributed by atoms with E-state index in [1.54, 1.807) is 0 Å². The van der Waals surface area contributed by atoms with Crippen molar-refractivity contribution >= 4 is 40.6 Å². The van der Waals surface area contributed by atoms with Crippen molar-refractivity contribution in [3.63, 3.8) is 0 Å². The molecule has 8 heavy (non-hydrogen) atoms. The Bertz CT molecular complexity index is 39.4. The molecular formula is C5H12AlCl2. The van der Waals surface area contributed by atoms with E-state index in [1.807, 2.05) is 0 Å². The zero-order chi connectivity index (χ0) is 5.70. The lowest BCUT2D eigenvalue weighted by Crippen LogP contribution is -1.83. The molecule has 0 rings (SSSR count). The van der Waals surface area contributed by atoms with Crippen LogP contribution in [0.5, 0.6) is 0 Å². The SMILES string of the molecule is [AlH3].[CH2]CCCC(Cl)Cl. The topological polar surface area (TPSA) is 0 Å². The maximum absolute atomic E-state index is 5.39. The maximum atomic E-state index is 5.39. The Hall–Kier alpha value is 1.11. The third kappa shape index (κ3) is 10.2. The molecule has 0 unspecified atom stereocenters. The van der Waals surface area contributed by atoms with Crippen LogP contribution in [0.2, 0.25) is 0 Å². The van der Waals surface area contributed by atoms with Gasteiger partial charge in [-0.3, -0.25) is 0 Å². The summed E-state index contributed by atoms with van der Waals surface area (Å²) in [5, 5.41) is 0. The highest BCUT2D eigenvalue weighted by atomic mass is 35.5. The van der Waals surface area contributed by atoms with Gasteiger partial charge in [0, 0.05) is 0 Å². The summed E-state index contributed by atoms with van der Waals surface area (Å²) < 4.78 is 0. The molecule has 0 saturated heterocycles. The summed E-state index contributed by atoms with van der Waals surface area (Å²) in [7, 11) is 0. The van der Waals surface area contributed by atoms with Crippen molar-refractivity contribution < 1.29 is 0 Å². The van der Waals surface area contributed by atoms with Crippen molar-refractivity contribution in [1.82, 2.24) is 0 Å². The lowest BCUT2D eigenvalue weighted by molar-refractivity contribution is 0.794. The minimum Gasteiger partial charge on any atom is -0.105 e. The van der Waals surface area contributed by atoms with Crippen LogP contribution in [0.3, 0.4) is 0 Å². The fourth-order valence-electron chi connectivity index (χ4n) is 0.299. The van der Waals surface area contributed by atoms with Crippen LogP contribution in [0.1, 0.15) is 19.3 Å². The molecule has 0 atom stereocenters. The van der Waals surface area contributed by atoms with Crippen molar-refractivity contribution in [3.05, 3.63) is 6.92 Å². The molecule has 3 heteroatoms. The second kappa shape index (κ2) is 8.11. The monoisotopic (exact) mass is 169 g/mol. The summed E-state index contributed by atoms with van der Waals surface area (Å²) >= 11 is 10.8. The smallest absolute Gasteiger partial charge is 0.105 e. The fourth-order valence-corrected chi connectivity index (χ4v) is 0.607. The van der Waals surface area contributed by atoms with E-state index in [9.17, 15) is 0 Å². The van der Waals surface area contributed by atoms with E-state index in [-0.39, 0.29) is 22.2 Å². The molecule has 0 aromatic carbocycles. The van der Waals surface area contributed by atoms with Gasteiger partial charge in [-0.05, 0) is 6.42 Å². The van der Waals surface area contributed by atoms with Gasteiger partial charge in [0.25, 0.3) is 0 Å². The molecule has 0 heterocycles. The molecule has 0 N–H and O–H groups in total. The molecule has 0 aliphatic heterocycles. The van der Waals surface area contributed by atoms with Crippen molar-refractivity contribution in [2.45, 2.75) is 24.1 Å². The Morgan fingerprint density at radius 2 is 1.88 bits per heavy atom. The lowest BCUT2D eigenvalue weighted by Gasteiger charge is -1.94. The molecule has 0 nitrogen and oxygen atoms in total. The minimum absolute atomic E-state index is 0. The van der Waals surface area contributed by atoms with Crippen LogP contribution in [0.25, 0.3) is 0 Å². The predicted molar refractivity (Wildman–Crippen MR) is 44.6 cm³/mol. The van der Waals surface area contributed by atoms with Crippen LogP contribution in [0, 0.1) is 6.92 Å². The zero-order valence-electron chi connectivity index (χ0n) is 4.16. The normalized spacial score (nSPS) is 9.00. The Kier molecular flexibility index (Phi) is 12.0. The molecule has 0 amide bonds. The van der Waals surface area contributed by atoms with E-state index in [0.717, 1.165) is 19.3 Å². The van der Waals surface area contributed by atoms with Crippen molar-refractivity contribution in [2.24, 2.45) is 0 Å². The first-order valence-corrected chi connectivity index (χ1v) is 3.22. The van der Waals surface area contributed by atoms with Gasteiger partial charge in [0.05, 0.1) is 0 Å². The summed E-state index contributed by atoms with van der Waals surface area (Å²) in [4.78, 5) is -0.193. The Labute approximate surface area is 71.7 Å². The van der Waals surface area contributed by atoms with E-state index in [1.165, 1.54) is 0 Å². The van der Waals surface area contributed by atoms with Gasteiger partial charge >= 0.3 is 0 Å². The van der Waals surface area contributed by atoms with Gasteiger partial charge in [-0.1, -0.05) is 19.8 Å². The summed E-state index contributed by atoms with van der Waals surface area (Å²) in [5.74, 6) is 0. The third-order valence-electron chi connectivity index (χ3n) is 0.672. The van der Waals surface area contributed by atoms with Gasteiger partial charge in [-0.2, -0.15) is 0 Å². The second-order valence-electron chi connectivity index (χ2n) is 1.39. The average Bonchev–Trinajstić information content (AvgIpc) is 1.61. The molecule has 0 bridgehead atoms. The quantitative estimate of drug-likeness (QED) is 0.445. The Morgan fingerprint density at radius 1 is 1.38 bits per heavy atom. The van der Waals surface area contributed by atoms with Gasteiger partial charge in [-0.15, -0.1) is 23.2 Å². The van der Waals surface area contributed by atoms with Gasteiger partial charge in [0.1, 0.15) is 4.84 Å². The zero-order valence-corrected chi connectivity index (χ0v) is 5.67. The first-order valence-electron chi connectivity index (χ1n) is 2.34. The average molecular weight is 170 g/mol. The van der Waals surface area contributed by atoms with Crippen LogP contribution < -0.4 is 0 Å². The summed E-state index contributed by atoms with van der Waals surface area (Å²) in [5.41, 5.74) is 0. The van der Waals surface area contributed by atoms with E-state index < -0.39 is 0 Å². The minimum atomic E-state index is -0.193. The lowest BCUT2D eigenvalue weighted by atomic mass is 10.3. The van der Waals surface area contributed by atoms with Gasteiger partial charge in [-0.25, -0.2) is 0 Å². The molecule has 0 aromatic heterocycles. The number of rotatable bonds is 3. The predicted octanol–water partition coefficient (Wildman–Crippen LogP) is 1.61. The summed E-state index contributed by atoms with van der Waals surface area (Å²) in [6.07, 6.45) is 2.82. The highest BCUT2D eigenvalue weighted by molar-refractivity contribution is 6.44. The molecule has 0 aliphatic carbocycles. The van der Waals surface area contributed by atoms with Crippen LogP contribution in [-0.4, -0.2) is 22.2 Å². The van der Waals surface area contributed by atoms with E-state index >= 15 is 0 Å². The molecule has 0 aliphatic rings. The highest BCUT2D eigenvalue weighted by Crippen LogP contribution is 2.09. The number of alkyl halides is 2. The molecule has 0 saturated carbocycles. The standard InChI is InChI=1S/C5H9Cl2.Al.3H/c1-2-3-4-5(6)7;;;;/h5H,1-4H2;;;;. The summed E-state index contributed by atoms with van der Waals surface area (Å²) in [6, 6.07) is 0. The van der Waals surface area contributed by atoms with Gasteiger partial charge in [0.2, 0.25) is 0 Å². The fraction of sp³-hybridized carbons (Fsp3) is 0.800. The van der Waals surface area contributed by atoms with Crippen molar-refractivity contribution in [1.29, 1.82) is 0 Å². The van der Waals surface area contributed by atoms with Crippen LogP contribution in [0.15, 0.2) is 0 Å². The summed E-state index contributed by atoms with van der Waals surface area (Å²) in [6.45, 7) is 3.64. The number of unbranched alkanes of at least 4 members (excludes halogenated alkanes) is 1. The third-order valence-corrected chi connectivity index (χ3v) is 1.11. The Morgan fingerprint density at radius 3 is 2.00 bits per heavy atom. The first kappa shape index (κ1) is 11.9. The van der Waals surface area contributed by atoms with Crippen molar-refractivity contribution in [3.8, 4) is 0 Å². The molecular weight excluding hydrogens is 158 g/mol. The number of halogens is 2. The largest absolute Gasteiger partial charge is 0.187 e. The van der Waals surface area contributed by atoms with Gasteiger partial charge < -0.3 is 0 Å². The van der Waals surface area contributed by atoms with E-state index in [4.69, 9.17) is 23.2 Å². The highest BCUT2D eigenvalue weighted by Gasteiger charge is 1.93. The second-order valence-corrected chi connectivity index (χ2v) is 2.66. The molecule has 49 valence electrons. The number of hydrogen-bond donors (Lipinski definition) is 0. The van der Waals surface area contributed by atoms with E-state index in [2.05, 4.69) is 6.92 Å². The molecule has 1 radical (unpaired) electrons. The maximum Gasteiger partial charge on any atom is 0.187 e. The van der Waals surface area contributed by atoms with Crippen LogP contribution in [-0.2, 0) is 0 Å². The van der Waals surface area contributed by atoms with Crippen LogP contribution >= 0.6 is 23.2 Å².